The normalized spacial score (nSPS) is 11.2. The SMILES string of the molecule is CC(C)(CF)C(=O)Nc1ccc(NSc2ccc(-c3noc(-c4cnccn4)n3)cc2)cc1. The molecule has 0 aliphatic carbocycles. The Balaban J connectivity index is 1.33. The topological polar surface area (TPSA) is 106 Å². The number of nitrogens with zero attached hydrogens (tertiary/aromatic N) is 4. The quantitative estimate of drug-likeness (QED) is 0.341. The number of hydrogen-bond donors (Lipinski definition) is 2. The van der Waals surface area contributed by atoms with Gasteiger partial charge in [-0.2, -0.15) is 4.98 Å². The summed E-state index contributed by atoms with van der Waals surface area (Å²) >= 11 is 1.44. The largest absolute Gasteiger partial charge is 0.332 e. The van der Waals surface area contributed by atoms with E-state index in [0.717, 1.165) is 16.1 Å². The molecular formula is C23H21FN6O2S. The van der Waals surface area contributed by atoms with Crippen LogP contribution in [0.5, 0.6) is 0 Å². The third-order valence-corrected chi connectivity index (χ3v) is 5.54. The molecule has 4 rings (SSSR count). The Bertz CT molecular complexity index is 1210. The van der Waals surface area contributed by atoms with Crippen molar-refractivity contribution < 1.29 is 13.7 Å². The number of anilines is 2. The van der Waals surface area contributed by atoms with E-state index in [4.69, 9.17) is 4.52 Å². The van der Waals surface area contributed by atoms with Gasteiger partial charge in [-0.25, -0.2) is 9.37 Å². The van der Waals surface area contributed by atoms with E-state index < -0.39 is 12.1 Å². The first-order valence-corrected chi connectivity index (χ1v) is 10.9. The molecule has 33 heavy (non-hydrogen) atoms. The molecule has 2 heterocycles. The Kier molecular flexibility index (Phi) is 6.64. The second kappa shape index (κ2) is 9.78. The maximum absolute atomic E-state index is 13.0. The number of amides is 1. The highest BCUT2D eigenvalue weighted by Crippen LogP contribution is 2.26. The molecule has 0 unspecified atom stereocenters. The average molecular weight is 465 g/mol. The molecule has 4 aromatic rings. The predicted octanol–water partition coefficient (Wildman–Crippen LogP) is 5.25. The minimum absolute atomic E-state index is 0.311. The summed E-state index contributed by atoms with van der Waals surface area (Å²) < 4.78 is 21.5. The lowest BCUT2D eigenvalue weighted by Gasteiger charge is -2.19. The smallest absolute Gasteiger partial charge is 0.278 e. The Hall–Kier alpha value is -3.79. The van der Waals surface area contributed by atoms with E-state index >= 15 is 0 Å². The molecule has 0 radical (unpaired) electrons. The lowest BCUT2D eigenvalue weighted by molar-refractivity contribution is -0.124. The molecule has 1 amide bonds. The van der Waals surface area contributed by atoms with Crippen LogP contribution in [-0.4, -0.2) is 32.7 Å². The molecular weight excluding hydrogens is 443 g/mol. The highest BCUT2D eigenvalue weighted by Gasteiger charge is 2.27. The number of carbonyl (C=O) groups excluding carboxylic acids is 1. The van der Waals surface area contributed by atoms with E-state index in [1.165, 1.54) is 11.9 Å². The van der Waals surface area contributed by atoms with Crippen molar-refractivity contribution in [2.24, 2.45) is 5.41 Å². The Morgan fingerprint density at radius 1 is 1.06 bits per heavy atom. The number of halogens is 1. The van der Waals surface area contributed by atoms with Gasteiger partial charge in [0.05, 0.1) is 11.6 Å². The van der Waals surface area contributed by atoms with Gasteiger partial charge in [-0.05, 0) is 74.3 Å². The number of hydrogen-bond acceptors (Lipinski definition) is 8. The first-order chi connectivity index (χ1) is 15.9. The van der Waals surface area contributed by atoms with Gasteiger partial charge >= 0.3 is 0 Å². The van der Waals surface area contributed by atoms with Gasteiger partial charge in [0, 0.05) is 34.2 Å². The van der Waals surface area contributed by atoms with Crippen molar-refractivity contribution in [3.05, 3.63) is 67.1 Å². The lowest BCUT2D eigenvalue weighted by atomic mass is 9.94. The Labute approximate surface area is 194 Å². The van der Waals surface area contributed by atoms with E-state index in [1.807, 2.05) is 36.4 Å². The van der Waals surface area contributed by atoms with Gasteiger partial charge in [-0.15, -0.1) is 0 Å². The van der Waals surface area contributed by atoms with Crippen LogP contribution in [0.25, 0.3) is 23.0 Å². The molecule has 0 bridgehead atoms. The average Bonchev–Trinajstić information content (AvgIpc) is 3.35. The molecule has 2 N–H and O–H groups in total. The van der Waals surface area contributed by atoms with Crippen LogP contribution in [0, 0.1) is 5.41 Å². The van der Waals surface area contributed by atoms with Crippen LogP contribution in [0.3, 0.4) is 0 Å². The molecule has 0 aliphatic heterocycles. The van der Waals surface area contributed by atoms with Crippen molar-refractivity contribution in [2.45, 2.75) is 18.7 Å². The molecule has 0 saturated heterocycles. The summed E-state index contributed by atoms with van der Waals surface area (Å²) in [6.45, 7) is 2.41. The van der Waals surface area contributed by atoms with Crippen LogP contribution in [0.4, 0.5) is 15.8 Å². The van der Waals surface area contributed by atoms with Crippen molar-refractivity contribution in [1.82, 2.24) is 20.1 Å². The Morgan fingerprint density at radius 2 is 1.79 bits per heavy atom. The number of rotatable bonds is 8. The third kappa shape index (κ3) is 5.53. The zero-order chi connectivity index (χ0) is 23.3. The van der Waals surface area contributed by atoms with Gasteiger partial charge in [-0.3, -0.25) is 9.78 Å². The van der Waals surface area contributed by atoms with Gasteiger partial charge in [-0.1, -0.05) is 5.16 Å². The summed E-state index contributed by atoms with van der Waals surface area (Å²) in [6, 6.07) is 14.9. The monoisotopic (exact) mass is 464 g/mol. The minimum atomic E-state index is -1.06. The minimum Gasteiger partial charge on any atom is -0.332 e. The Morgan fingerprint density at radius 3 is 2.45 bits per heavy atom. The van der Waals surface area contributed by atoms with E-state index in [9.17, 15) is 9.18 Å². The second-order valence-corrected chi connectivity index (χ2v) is 8.67. The fraction of sp³-hybridized carbons (Fsp3) is 0.174. The summed E-state index contributed by atoms with van der Waals surface area (Å²) in [6.07, 6.45) is 4.70. The molecule has 0 aliphatic rings. The third-order valence-electron chi connectivity index (χ3n) is 4.70. The molecule has 0 spiro atoms. The second-order valence-electron chi connectivity index (χ2n) is 7.79. The van der Waals surface area contributed by atoms with E-state index in [0.29, 0.717) is 23.1 Å². The van der Waals surface area contributed by atoms with Gasteiger partial charge in [0.2, 0.25) is 11.7 Å². The van der Waals surface area contributed by atoms with Gasteiger partial charge in [0.25, 0.3) is 5.89 Å². The zero-order valence-electron chi connectivity index (χ0n) is 17.9. The summed E-state index contributed by atoms with van der Waals surface area (Å²) in [7, 11) is 0. The van der Waals surface area contributed by atoms with Crippen LogP contribution in [-0.2, 0) is 4.79 Å². The summed E-state index contributed by atoms with van der Waals surface area (Å²) in [4.78, 5) is 25.6. The fourth-order valence-corrected chi connectivity index (χ4v) is 3.27. The van der Waals surface area contributed by atoms with E-state index in [1.54, 1.807) is 44.6 Å². The van der Waals surface area contributed by atoms with Crippen LogP contribution < -0.4 is 10.0 Å². The maximum Gasteiger partial charge on any atom is 0.278 e. The lowest BCUT2D eigenvalue weighted by Crippen LogP contribution is -2.32. The number of benzene rings is 2. The molecule has 8 nitrogen and oxygen atoms in total. The maximum atomic E-state index is 13.0. The summed E-state index contributed by atoms with van der Waals surface area (Å²) in [5.41, 5.74) is 1.75. The number of alkyl halides is 1. The molecule has 2 aromatic carbocycles. The molecule has 0 fully saturated rings. The van der Waals surface area contributed by atoms with Crippen LogP contribution in [0.1, 0.15) is 13.8 Å². The standard InChI is InChI=1S/C23H21FN6O2S/c1-23(2,14-24)22(31)27-16-5-7-17(8-6-16)30-33-18-9-3-15(4-10-18)20-28-21(32-29-20)19-13-25-11-12-26-19/h3-13,30H,14H2,1-2H3,(H,27,31). The highest BCUT2D eigenvalue weighted by atomic mass is 32.2. The van der Waals surface area contributed by atoms with Crippen molar-refractivity contribution in [1.29, 1.82) is 0 Å². The van der Waals surface area contributed by atoms with Crippen molar-refractivity contribution in [3.8, 4) is 23.0 Å². The first kappa shape index (κ1) is 22.4. The zero-order valence-corrected chi connectivity index (χ0v) is 18.8. The first-order valence-electron chi connectivity index (χ1n) is 10.1. The van der Waals surface area contributed by atoms with E-state index in [2.05, 4.69) is 30.1 Å². The highest BCUT2D eigenvalue weighted by molar-refractivity contribution is 8.00. The van der Waals surface area contributed by atoms with Gasteiger partial charge in [0.15, 0.2) is 0 Å². The molecule has 0 saturated carbocycles. The van der Waals surface area contributed by atoms with Crippen LogP contribution >= 0.6 is 11.9 Å². The predicted molar refractivity (Wildman–Crippen MR) is 125 cm³/mol. The molecule has 168 valence electrons. The number of nitrogens with one attached hydrogen (secondary N) is 2. The number of aromatic nitrogens is 4. The van der Waals surface area contributed by atoms with Crippen molar-refractivity contribution in [2.75, 3.05) is 16.7 Å². The molecule has 0 atom stereocenters. The van der Waals surface area contributed by atoms with Crippen LogP contribution in [0.15, 0.2) is 76.5 Å². The van der Waals surface area contributed by atoms with Crippen LogP contribution in [0.2, 0.25) is 0 Å². The molecule has 10 heteroatoms. The molecule has 2 aromatic heterocycles. The van der Waals surface area contributed by atoms with Crippen molar-refractivity contribution in [3.63, 3.8) is 0 Å². The van der Waals surface area contributed by atoms with E-state index in [-0.39, 0.29) is 5.91 Å². The van der Waals surface area contributed by atoms with Gasteiger partial charge < -0.3 is 14.6 Å². The number of carbonyl (C=O) groups is 1. The summed E-state index contributed by atoms with van der Waals surface area (Å²) in [5.74, 6) is 0.422. The summed E-state index contributed by atoms with van der Waals surface area (Å²) in [5, 5.41) is 6.74. The van der Waals surface area contributed by atoms with Gasteiger partial charge in [0.1, 0.15) is 12.4 Å². The van der Waals surface area contributed by atoms with Crippen molar-refractivity contribution >= 4 is 29.2 Å². The fourth-order valence-electron chi connectivity index (χ4n) is 2.63.